The fraction of sp³-hybridized carbons (Fsp3) is 0.500. The minimum absolute atomic E-state index is 1.16. The number of hydrogen-bond acceptors (Lipinski definition) is 1. The van der Waals surface area contributed by atoms with Gasteiger partial charge in [0.05, 0.1) is 5.69 Å². The van der Waals surface area contributed by atoms with Crippen LogP contribution in [0.4, 0.5) is 0 Å². The fourth-order valence-electron chi connectivity index (χ4n) is 2.78. The molecule has 1 heterocycles. The Labute approximate surface area is 96.7 Å². The van der Waals surface area contributed by atoms with Gasteiger partial charge in [0.15, 0.2) is 0 Å². The molecule has 0 spiro atoms. The second-order valence-electron chi connectivity index (χ2n) is 4.70. The van der Waals surface area contributed by atoms with E-state index in [1.165, 1.54) is 49.2 Å². The molecule has 2 nitrogen and oxygen atoms in total. The van der Waals surface area contributed by atoms with Crippen molar-refractivity contribution in [2.45, 2.75) is 45.4 Å². The first-order valence-electron chi connectivity index (χ1n) is 6.30. The Morgan fingerprint density at radius 1 is 1.19 bits per heavy atom. The summed E-state index contributed by atoms with van der Waals surface area (Å²) in [7, 11) is 0. The predicted octanol–water partition coefficient (Wildman–Crippen LogP) is 3.26. The lowest BCUT2D eigenvalue weighted by molar-refractivity contribution is 0.657. The lowest BCUT2D eigenvalue weighted by Gasteiger charge is -2.17. The minimum atomic E-state index is 1.16. The summed E-state index contributed by atoms with van der Waals surface area (Å²) in [6.07, 6.45) is 14.2. The van der Waals surface area contributed by atoms with Crippen LogP contribution in [0.2, 0.25) is 0 Å². The molecule has 3 rings (SSSR count). The molecule has 2 aliphatic carbocycles. The van der Waals surface area contributed by atoms with Crippen molar-refractivity contribution in [3.63, 3.8) is 0 Å². The Bertz CT molecular complexity index is 463. The average Bonchev–Trinajstić information content (AvgIpc) is 2.66. The fourth-order valence-corrected chi connectivity index (χ4v) is 2.78. The van der Waals surface area contributed by atoms with Gasteiger partial charge in [-0.3, -0.25) is 0 Å². The molecule has 1 aromatic heterocycles. The highest BCUT2D eigenvalue weighted by atomic mass is 15.1. The minimum Gasteiger partial charge on any atom is -0.301 e. The van der Waals surface area contributed by atoms with Gasteiger partial charge in [0, 0.05) is 11.4 Å². The number of fused-ring (bicyclic) bond motifs is 1. The number of hydrogen-bond donors (Lipinski definition) is 0. The maximum Gasteiger partial charge on any atom is 0.110 e. The first-order valence-corrected chi connectivity index (χ1v) is 6.30. The van der Waals surface area contributed by atoms with Crippen molar-refractivity contribution < 1.29 is 0 Å². The monoisotopic (exact) mass is 214 g/mol. The first kappa shape index (κ1) is 9.88. The summed E-state index contributed by atoms with van der Waals surface area (Å²) in [6, 6.07) is 0. The van der Waals surface area contributed by atoms with Crippen molar-refractivity contribution in [2.24, 2.45) is 0 Å². The third kappa shape index (κ3) is 1.53. The van der Waals surface area contributed by atoms with Crippen LogP contribution in [0.1, 0.15) is 42.9 Å². The largest absolute Gasteiger partial charge is 0.301 e. The van der Waals surface area contributed by atoms with Gasteiger partial charge in [0.2, 0.25) is 0 Å². The summed E-state index contributed by atoms with van der Waals surface area (Å²) in [4.78, 5) is 4.71. The molecule has 0 unspecified atom stereocenters. The standard InChI is InChI=1S/C14H18N2/c1-11-15-13-9-5-6-10-14(13)16(11)12-7-3-2-4-8-12/h3,7-8H,2,4-6,9-10H2,1H3. The van der Waals surface area contributed by atoms with Crippen molar-refractivity contribution in [1.29, 1.82) is 0 Å². The van der Waals surface area contributed by atoms with E-state index in [0.717, 1.165) is 12.2 Å². The van der Waals surface area contributed by atoms with E-state index in [1.807, 2.05) is 0 Å². The van der Waals surface area contributed by atoms with Gasteiger partial charge in [-0.05, 0) is 51.5 Å². The molecule has 16 heavy (non-hydrogen) atoms. The molecular formula is C14H18N2. The molecule has 84 valence electrons. The molecule has 0 amide bonds. The maximum absolute atomic E-state index is 4.71. The second-order valence-corrected chi connectivity index (χ2v) is 4.70. The third-order valence-corrected chi connectivity index (χ3v) is 3.53. The zero-order valence-electron chi connectivity index (χ0n) is 9.87. The SMILES string of the molecule is Cc1nc2c(n1C1=CCCC=C1)CCCC2. The molecule has 0 N–H and O–H groups in total. The number of allylic oxidation sites excluding steroid dienone is 4. The highest BCUT2D eigenvalue weighted by Gasteiger charge is 2.19. The molecule has 1 aromatic rings. The number of nitrogens with zero attached hydrogens (tertiary/aromatic N) is 2. The van der Waals surface area contributed by atoms with Gasteiger partial charge in [-0.1, -0.05) is 12.2 Å². The quantitative estimate of drug-likeness (QED) is 0.701. The summed E-state index contributed by atoms with van der Waals surface area (Å²) < 4.78 is 2.37. The summed E-state index contributed by atoms with van der Waals surface area (Å²) in [5.74, 6) is 1.16. The van der Waals surface area contributed by atoms with E-state index < -0.39 is 0 Å². The number of imidazole rings is 1. The summed E-state index contributed by atoms with van der Waals surface area (Å²) in [6.45, 7) is 2.13. The summed E-state index contributed by atoms with van der Waals surface area (Å²) >= 11 is 0. The van der Waals surface area contributed by atoms with Gasteiger partial charge >= 0.3 is 0 Å². The van der Waals surface area contributed by atoms with Crippen LogP contribution < -0.4 is 0 Å². The normalized spacial score (nSPS) is 19.4. The summed E-state index contributed by atoms with van der Waals surface area (Å²) in [5, 5.41) is 0. The lowest BCUT2D eigenvalue weighted by Crippen LogP contribution is -2.08. The highest BCUT2D eigenvalue weighted by molar-refractivity contribution is 5.60. The van der Waals surface area contributed by atoms with Crippen LogP contribution in [-0.2, 0) is 12.8 Å². The third-order valence-electron chi connectivity index (χ3n) is 3.53. The molecule has 0 aliphatic heterocycles. The summed E-state index contributed by atoms with van der Waals surface area (Å²) in [5.41, 5.74) is 4.13. The van der Waals surface area contributed by atoms with E-state index in [0.29, 0.717) is 0 Å². The predicted molar refractivity (Wildman–Crippen MR) is 66.3 cm³/mol. The smallest absolute Gasteiger partial charge is 0.110 e. The van der Waals surface area contributed by atoms with E-state index in [4.69, 9.17) is 4.98 Å². The lowest BCUT2D eigenvalue weighted by atomic mass is 10.0. The Kier molecular flexibility index (Phi) is 2.43. The van der Waals surface area contributed by atoms with Crippen LogP contribution in [0.3, 0.4) is 0 Å². The van der Waals surface area contributed by atoms with Crippen molar-refractivity contribution in [1.82, 2.24) is 9.55 Å². The second kappa shape index (κ2) is 3.93. The molecule has 0 atom stereocenters. The van der Waals surface area contributed by atoms with Crippen molar-refractivity contribution in [2.75, 3.05) is 0 Å². The molecule has 0 bridgehead atoms. The molecule has 2 aliphatic rings. The van der Waals surface area contributed by atoms with Gasteiger partial charge in [0.25, 0.3) is 0 Å². The number of aromatic nitrogens is 2. The van der Waals surface area contributed by atoms with Crippen molar-refractivity contribution >= 4 is 5.70 Å². The van der Waals surface area contributed by atoms with E-state index in [2.05, 4.69) is 29.7 Å². The zero-order valence-corrected chi connectivity index (χ0v) is 9.87. The molecular weight excluding hydrogens is 196 g/mol. The van der Waals surface area contributed by atoms with Gasteiger partial charge in [0.1, 0.15) is 5.82 Å². The van der Waals surface area contributed by atoms with E-state index in [9.17, 15) is 0 Å². The van der Waals surface area contributed by atoms with Crippen LogP contribution in [0.5, 0.6) is 0 Å². The molecule has 0 saturated heterocycles. The number of rotatable bonds is 1. The van der Waals surface area contributed by atoms with E-state index in [-0.39, 0.29) is 0 Å². The highest BCUT2D eigenvalue weighted by Crippen LogP contribution is 2.27. The molecule has 0 radical (unpaired) electrons. The van der Waals surface area contributed by atoms with Gasteiger partial charge in [-0.15, -0.1) is 0 Å². The van der Waals surface area contributed by atoms with Crippen LogP contribution in [-0.4, -0.2) is 9.55 Å². The van der Waals surface area contributed by atoms with E-state index in [1.54, 1.807) is 0 Å². The topological polar surface area (TPSA) is 17.8 Å². The van der Waals surface area contributed by atoms with Crippen LogP contribution >= 0.6 is 0 Å². The zero-order chi connectivity index (χ0) is 11.0. The first-order chi connectivity index (χ1) is 7.86. The Hall–Kier alpha value is -1.31. The van der Waals surface area contributed by atoms with Crippen LogP contribution in [0.15, 0.2) is 18.2 Å². The van der Waals surface area contributed by atoms with Crippen molar-refractivity contribution in [3.8, 4) is 0 Å². The Morgan fingerprint density at radius 2 is 2.06 bits per heavy atom. The van der Waals surface area contributed by atoms with E-state index >= 15 is 0 Å². The Balaban J connectivity index is 2.09. The molecule has 0 saturated carbocycles. The average molecular weight is 214 g/mol. The molecule has 2 heteroatoms. The van der Waals surface area contributed by atoms with Gasteiger partial charge < -0.3 is 4.57 Å². The van der Waals surface area contributed by atoms with Crippen molar-refractivity contribution in [3.05, 3.63) is 35.4 Å². The number of aryl methyl sites for hydroxylation is 2. The van der Waals surface area contributed by atoms with Gasteiger partial charge in [-0.25, -0.2) is 4.98 Å². The maximum atomic E-state index is 4.71. The Morgan fingerprint density at radius 3 is 2.88 bits per heavy atom. The molecule has 0 fully saturated rings. The van der Waals surface area contributed by atoms with Gasteiger partial charge in [-0.2, -0.15) is 0 Å². The van der Waals surface area contributed by atoms with Crippen LogP contribution in [0.25, 0.3) is 5.70 Å². The van der Waals surface area contributed by atoms with Crippen LogP contribution in [0, 0.1) is 6.92 Å². The molecule has 0 aromatic carbocycles.